The number of nitrogens with one attached hydrogen (secondary N) is 1. The number of anilines is 1. The molecule has 0 unspecified atom stereocenters. The van der Waals surface area contributed by atoms with Crippen molar-refractivity contribution >= 4 is 11.8 Å². The Bertz CT molecular complexity index is 361. The van der Waals surface area contributed by atoms with Gasteiger partial charge in [0.1, 0.15) is 5.82 Å². The Morgan fingerprint density at radius 1 is 1.44 bits per heavy atom. The minimum atomic E-state index is -0.707. The largest absolute Gasteiger partial charge is 0.481 e. The molecule has 16 heavy (non-hydrogen) atoms. The average Bonchev–Trinajstić information content (AvgIpc) is 2.78. The minimum Gasteiger partial charge on any atom is -0.481 e. The molecule has 5 heteroatoms. The number of hydrogen-bond donors (Lipinski definition) is 2. The van der Waals surface area contributed by atoms with Crippen LogP contribution in [0.4, 0.5) is 5.82 Å². The van der Waals surface area contributed by atoms with Crippen molar-refractivity contribution < 1.29 is 9.90 Å². The molecule has 0 aromatic carbocycles. The van der Waals surface area contributed by atoms with Gasteiger partial charge in [-0.3, -0.25) is 9.78 Å². The Hall–Kier alpha value is -1.65. The Balaban J connectivity index is 2.00. The normalized spacial score (nSPS) is 18.2. The molecule has 0 spiro atoms. The van der Waals surface area contributed by atoms with Gasteiger partial charge in [-0.2, -0.15) is 0 Å². The standard InChI is InChI=1S/C11H15N3O2/c15-10(16)11(3-1-2-4-11)8-14-9-7-12-5-6-13-9/h5-7H,1-4,8H2,(H,13,14)(H,15,16). The van der Waals surface area contributed by atoms with Crippen LogP contribution in [-0.2, 0) is 4.79 Å². The van der Waals surface area contributed by atoms with E-state index in [0.717, 1.165) is 25.7 Å². The van der Waals surface area contributed by atoms with Crippen LogP contribution in [0, 0.1) is 5.41 Å². The van der Waals surface area contributed by atoms with Gasteiger partial charge in [0.2, 0.25) is 0 Å². The summed E-state index contributed by atoms with van der Waals surface area (Å²) in [5.41, 5.74) is -0.614. The third-order valence-electron chi connectivity index (χ3n) is 3.19. The summed E-state index contributed by atoms with van der Waals surface area (Å²) < 4.78 is 0. The van der Waals surface area contributed by atoms with Crippen LogP contribution in [0.5, 0.6) is 0 Å². The van der Waals surface area contributed by atoms with Crippen LogP contribution in [0.1, 0.15) is 25.7 Å². The smallest absolute Gasteiger partial charge is 0.311 e. The van der Waals surface area contributed by atoms with Gasteiger partial charge in [0, 0.05) is 18.9 Å². The summed E-state index contributed by atoms with van der Waals surface area (Å²) in [7, 11) is 0. The Kier molecular flexibility index (Phi) is 3.03. The molecule has 1 aromatic heterocycles. The van der Waals surface area contributed by atoms with E-state index in [1.807, 2.05) is 0 Å². The quantitative estimate of drug-likeness (QED) is 0.806. The number of nitrogens with zero attached hydrogens (tertiary/aromatic N) is 2. The Morgan fingerprint density at radius 3 is 2.75 bits per heavy atom. The first-order valence-corrected chi connectivity index (χ1v) is 5.46. The van der Waals surface area contributed by atoms with E-state index in [-0.39, 0.29) is 0 Å². The van der Waals surface area contributed by atoms with Crippen molar-refractivity contribution in [1.29, 1.82) is 0 Å². The summed E-state index contributed by atoms with van der Waals surface area (Å²) in [5.74, 6) is -0.0728. The van der Waals surface area contributed by atoms with E-state index in [4.69, 9.17) is 0 Å². The number of aromatic nitrogens is 2. The van der Waals surface area contributed by atoms with Crippen molar-refractivity contribution in [2.45, 2.75) is 25.7 Å². The van der Waals surface area contributed by atoms with E-state index in [1.165, 1.54) is 0 Å². The van der Waals surface area contributed by atoms with Gasteiger partial charge < -0.3 is 10.4 Å². The molecule has 1 saturated carbocycles. The summed E-state index contributed by atoms with van der Waals surface area (Å²) >= 11 is 0. The van der Waals surface area contributed by atoms with Crippen molar-refractivity contribution in [3.63, 3.8) is 0 Å². The maximum absolute atomic E-state index is 11.3. The van der Waals surface area contributed by atoms with E-state index in [9.17, 15) is 9.90 Å². The van der Waals surface area contributed by atoms with E-state index in [0.29, 0.717) is 12.4 Å². The SMILES string of the molecule is O=C(O)C1(CNc2cnccn2)CCCC1. The van der Waals surface area contributed by atoms with Gasteiger partial charge in [-0.15, -0.1) is 0 Å². The van der Waals surface area contributed by atoms with Crippen LogP contribution in [0.15, 0.2) is 18.6 Å². The zero-order chi connectivity index (χ0) is 11.4. The number of carbonyl (C=O) groups is 1. The molecule has 2 rings (SSSR count). The molecule has 0 atom stereocenters. The number of rotatable bonds is 4. The molecule has 0 aliphatic heterocycles. The molecular formula is C11H15N3O2. The van der Waals surface area contributed by atoms with Gasteiger partial charge in [-0.25, -0.2) is 4.98 Å². The van der Waals surface area contributed by atoms with Gasteiger partial charge in [0.15, 0.2) is 0 Å². The van der Waals surface area contributed by atoms with E-state index in [2.05, 4.69) is 15.3 Å². The topological polar surface area (TPSA) is 75.1 Å². The maximum Gasteiger partial charge on any atom is 0.311 e. The second kappa shape index (κ2) is 4.47. The van der Waals surface area contributed by atoms with Crippen LogP contribution >= 0.6 is 0 Å². The fraction of sp³-hybridized carbons (Fsp3) is 0.545. The third kappa shape index (κ3) is 2.13. The summed E-state index contributed by atoms with van der Waals surface area (Å²) in [4.78, 5) is 19.3. The fourth-order valence-electron chi connectivity index (χ4n) is 2.17. The molecule has 1 aliphatic carbocycles. The molecule has 1 fully saturated rings. The van der Waals surface area contributed by atoms with E-state index >= 15 is 0 Å². The van der Waals surface area contributed by atoms with E-state index < -0.39 is 11.4 Å². The third-order valence-corrected chi connectivity index (χ3v) is 3.19. The predicted octanol–water partition coefficient (Wildman–Crippen LogP) is 1.53. The van der Waals surface area contributed by atoms with E-state index in [1.54, 1.807) is 18.6 Å². The lowest BCUT2D eigenvalue weighted by molar-refractivity contribution is -0.147. The molecule has 1 heterocycles. The lowest BCUT2D eigenvalue weighted by Gasteiger charge is -2.24. The predicted molar refractivity (Wildman–Crippen MR) is 59.1 cm³/mol. The molecule has 0 radical (unpaired) electrons. The zero-order valence-electron chi connectivity index (χ0n) is 9.02. The highest BCUT2D eigenvalue weighted by Gasteiger charge is 2.41. The van der Waals surface area contributed by atoms with Gasteiger partial charge in [-0.05, 0) is 12.8 Å². The average molecular weight is 221 g/mol. The summed E-state index contributed by atoms with van der Waals surface area (Å²) in [6.45, 7) is 0.432. The number of hydrogen-bond acceptors (Lipinski definition) is 4. The molecule has 2 N–H and O–H groups in total. The molecule has 0 amide bonds. The van der Waals surface area contributed by atoms with Crippen LogP contribution in [0.2, 0.25) is 0 Å². The highest BCUT2D eigenvalue weighted by Crippen LogP contribution is 2.38. The maximum atomic E-state index is 11.3. The van der Waals surface area contributed by atoms with Gasteiger partial charge in [-0.1, -0.05) is 12.8 Å². The fourth-order valence-corrected chi connectivity index (χ4v) is 2.17. The van der Waals surface area contributed by atoms with Crippen molar-refractivity contribution in [2.24, 2.45) is 5.41 Å². The Labute approximate surface area is 93.9 Å². The molecule has 0 saturated heterocycles. The van der Waals surface area contributed by atoms with Crippen LogP contribution in [0.3, 0.4) is 0 Å². The highest BCUT2D eigenvalue weighted by molar-refractivity contribution is 5.75. The highest BCUT2D eigenvalue weighted by atomic mass is 16.4. The van der Waals surface area contributed by atoms with Crippen molar-refractivity contribution in [3.05, 3.63) is 18.6 Å². The van der Waals surface area contributed by atoms with Crippen LogP contribution in [-0.4, -0.2) is 27.6 Å². The van der Waals surface area contributed by atoms with Crippen molar-refractivity contribution in [2.75, 3.05) is 11.9 Å². The second-order valence-electron chi connectivity index (χ2n) is 4.24. The molecule has 1 aliphatic rings. The van der Waals surface area contributed by atoms with Crippen molar-refractivity contribution in [1.82, 2.24) is 9.97 Å². The summed E-state index contributed by atoms with van der Waals surface area (Å²) in [6, 6.07) is 0. The lowest BCUT2D eigenvalue weighted by Crippen LogP contribution is -2.35. The first-order chi connectivity index (χ1) is 7.73. The van der Waals surface area contributed by atoms with Crippen molar-refractivity contribution in [3.8, 4) is 0 Å². The summed E-state index contributed by atoms with van der Waals surface area (Å²) in [5, 5.41) is 12.3. The summed E-state index contributed by atoms with van der Waals surface area (Å²) in [6.07, 6.45) is 8.26. The van der Waals surface area contributed by atoms with Gasteiger partial charge >= 0.3 is 5.97 Å². The molecule has 5 nitrogen and oxygen atoms in total. The molecule has 0 bridgehead atoms. The first-order valence-electron chi connectivity index (χ1n) is 5.46. The number of carboxylic acid groups (broad SMARTS) is 1. The molecule has 86 valence electrons. The van der Waals surface area contributed by atoms with Crippen LogP contribution < -0.4 is 5.32 Å². The second-order valence-corrected chi connectivity index (χ2v) is 4.24. The van der Waals surface area contributed by atoms with Crippen LogP contribution in [0.25, 0.3) is 0 Å². The Morgan fingerprint density at radius 2 is 2.19 bits per heavy atom. The molecular weight excluding hydrogens is 206 g/mol. The number of aliphatic carboxylic acids is 1. The monoisotopic (exact) mass is 221 g/mol. The minimum absolute atomic E-state index is 0.432. The zero-order valence-corrected chi connectivity index (χ0v) is 9.02. The first kappa shape index (κ1) is 10.9. The number of carboxylic acids is 1. The van der Waals surface area contributed by atoms with Gasteiger partial charge in [0.05, 0.1) is 11.6 Å². The van der Waals surface area contributed by atoms with Gasteiger partial charge in [0.25, 0.3) is 0 Å². The lowest BCUT2D eigenvalue weighted by atomic mass is 9.86. The molecule has 1 aromatic rings.